The zero-order chi connectivity index (χ0) is 17.1. The summed E-state index contributed by atoms with van der Waals surface area (Å²) in [5.41, 5.74) is 2.82. The fourth-order valence-corrected chi connectivity index (χ4v) is 3.44. The smallest absolute Gasteiger partial charge is 0.0366 e. The van der Waals surface area contributed by atoms with E-state index in [0.29, 0.717) is 0 Å². The van der Waals surface area contributed by atoms with Gasteiger partial charge < -0.3 is 20.4 Å². The minimum atomic E-state index is -0.910. The maximum atomic E-state index is 12.5. The number of hydrogen-bond acceptors (Lipinski definition) is 4. The van der Waals surface area contributed by atoms with Gasteiger partial charge >= 0.3 is 0 Å². The SMILES string of the molecule is CCN(CC)c1ccc(C2C([O-])C(Nc3ccccc3)C2[O-])cc1. The molecule has 0 radical (unpaired) electrons. The van der Waals surface area contributed by atoms with Crippen LogP contribution in [0.2, 0.25) is 0 Å². The third kappa shape index (κ3) is 3.12. The van der Waals surface area contributed by atoms with Crippen LogP contribution in [0.3, 0.4) is 0 Å². The van der Waals surface area contributed by atoms with Crippen LogP contribution in [0.4, 0.5) is 11.4 Å². The van der Waals surface area contributed by atoms with Gasteiger partial charge in [0.1, 0.15) is 0 Å². The summed E-state index contributed by atoms with van der Waals surface area (Å²) in [6.07, 6.45) is -1.82. The minimum Gasteiger partial charge on any atom is -0.850 e. The lowest BCUT2D eigenvalue weighted by Crippen LogP contribution is -2.71. The summed E-state index contributed by atoms with van der Waals surface area (Å²) in [6, 6.07) is 16.8. The zero-order valence-corrected chi connectivity index (χ0v) is 14.2. The largest absolute Gasteiger partial charge is 0.850 e. The third-order valence-electron chi connectivity index (χ3n) is 4.93. The molecule has 1 aliphatic carbocycles. The summed E-state index contributed by atoms with van der Waals surface area (Å²) >= 11 is 0. The van der Waals surface area contributed by atoms with E-state index in [-0.39, 0.29) is 0 Å². The predicted octanol–water partition coefficient (Wildman–Crippen LogP) is 1.57. The monoisotopic (exact) mass is 324 g/mol. The van der Waals surface area contributed by atoms with Gasteiger partial charge in [-0.15, -0.1) is 12.2 Å². The summed E-state index contributed by atoms with van der Waals surface area (Å²) in [5, 5.41) is 28.1. The van der Waals surface area contributed by atoms with Gasteiger partial charge in [-0.2, -0.15) is 0 Å². The van der Waals surface area contributed by atoms with E-state index in [1.54, 1.807) is 0 Å². The molecule has 0 amide bonds. The molecule has 0 bridgehead atoms. The second-order valence-electron chi connectivity index (χ2n) is 6.25. The topological polar surface area (TPSA) is 61.4 Å². The number of benzene rings is 2. The second-order valence-corrected chi connectivity index (χ2v) is 6.25. The van der Waals surface area contributed by atoms with E-state index in [1.165, 1.54) is 0 Å². The van der Waals surface area contributed by atoms with Crippen molar-refractivity contribution in [1.82, 2.24) is 0 Å². The Kier molecular flexibility index (Phi) is 5.07. The first-order valence-corrected chi connectivity index (χ1v) is 8.63. The Morgan fingerprint density at radius 3 is 2.00 bits per heavy atom. The van der Waals surface area contributed by atoms with Gasteiger partial charge in [-0.1, -0.05) is 30.3 Å². The molecule has 0 aromatic heterocycles. The standard InChI is InChI=1S/C20H24N2O2/c1-3-22(4-2)16-12-10-14(11-13-16)17-19(23)18(20(17)24)21-15-8-6-5-7-9-15/h5-13,17-21H,3-4H2,1-2H3/q-2. The fourth-order valence-electron chi connectivity index (χ4n) is 3.44. The van der Waals surface area contributed by atoms with Gasteiger partial charge in [-0.3, -0.25) is 0 Å². The summed E-state index contributed by atoms with van der Waals surface area (Å²) in [4.78, 5) is 2.24. The third-order valence-corrected chi connectivity index (χ3v) is 4.93. The van der Waals surface area contributed by atoms with E-state index in [0.717, 1.165) is 30.0 Å². The van der Waals surface area contributed by atoms with E-state index in [2.05, 4.69) is 24.1 Å². The molecule has 2 unspecified atom stereocenters. The van der Waals surface area contributed by atoms with Crippen LogP contribution in [0, 0.1) is 0 Å². The van der Waals surface area contributed by atoms with Crippen LogP contribution in [-0.4, -0.2) is 31.3 Å². The lowest BCUT2D eigenvalue weighted by molar-refractivity contribution is -0.530. The van der Waals surface area contributed by atoms with E-state index in [1.807, 2.05) is 54.6 Å². The minimum absolute atomic E-state index is 0.461. The van der Waals surface area contributed by atoms with Crippen molar-refractivity contribution in [3.05, 3.63) is 60.2 Å². The second kappa shape index (κ2) is 7.24. The molecule has 128 valence electrons. The molecule has 4 nitrogen and oxygen atoms in total. The molecule has 24 heavy (non-hydrogen) atoms. The zero-order valence-electron chi connectivity index (χ0n) is 14.2. The van der Waals surface area contributed by atoms with Gasteiger partial charge in [-0.25, -0.2) is 0 Å². The molecule has 2 atom stereocenters. The molecule has 2 aromatic carbocycles. The number of rotatable bonds is 6. The van der Waals surface area contributed by atoms with Crippen molar-refractivity contribution in [3.63, 3.8) is 0 Å². The lowest BCUT2D eigenvalue weighted by Gasteiger charge is -2.61. The molecule has 1 fully saturated rings. The number of nitrogens with one attached hydrogen (secondary N) is 1. The Hall–Kier alpha value is -2.04. The molecule has 0 spiro atoms. The van der Waals surface area contributed by atoms with Crippen molar-refractivity contribution >= 4 is 11.4 Å². The number of para-hydroxylation sites is 1. The van der Waals surface area contributed by atoms with Crippen LogP contribution in [0.25, 0.3) is 0 Å². The van der Waals surface area contributed by atoms with Gasteiger partial charge in [0.05, 0.1) is 0 Å². The molecule has 1 N–H and O–H groups in total. The summed E-state index contributed by atoms with van der Waals surface area (Å²) < 4.78 is 0. The highest BCUT2D eigenvalue weighted by atomic mass is 16.3. The van der Waals surface area contributed by atoms with Crippen molar-refractivity contribution in [2.24, 2.45) is 0 Å². The van der Waals surface area contributed by atoms with Crippen molar-refractivity contribution < 1.29 is 10.2 Å². The first-order valence-electron chi connectivity index (χ1n) is 8.63. The van der Waals surface area contributed by atoms with E-state index in [4.69, 9.17) is 0 Å². The highest BCUT2D eigenvalue weighted by Crippen LogP contribution is 2.37. The normalized spacial score (nSPS) is 25.8. The summed E-state index contributed by atoms with van der Waals surface area (Å²) in [6.45, 7) is 6.11. The predicted molar refractivity (Wildman–Crippen MR) is 94.2 cm³/mol. The van der Waals surface area contributed by atoms with Crippen molar-refractivity contribution in [2.45, 2.75) is 38.0 Å². The van der Waals surface area contributed by atoms with Gasteiger partial charge in [0.15, 0.2) is 0 Å². The van der Waals surface area contributed by atoms with Gasteiger partial charge in [-0.05, 0) is 49.6 Å². The molecule has 0 aliphatic heterocycles. The van der Waals surface area contributed by atoms with Crippen LogP contribution in [0.1, 0.15) is 25.3 Å². The Balaban J connectivity index is 1.68. The molecule has 4 heteroatoms. The fraction of sp³-hybridized carbons (Fsp3) is 0.400. The quantitative estimate of drug-likeness (QED) is 0.876. The lowest BCUT2D eigenvalue weighted by atomic mass is 9.70. The summed E-state index contributed by atoms with van der Waals surface area (Å²) in [7, 11) is 0. The Morgan fingerprint density at radius 2 is 1.46 bits per heavy atom. The molecule has 0 heterocycles. The number of anilines is 2. The Labute approximate surface area is 143 Å². The van der Waals surface area contributed by atoms with Crippen molar-refractivity contribution in [3.8, 4) is 0 Å². The Bertz CT molecular complexity index is 630. The average Bonchev–Trinajstić information content (AvgIpc) is 2.63. The van der Waals surface area contributed by atoms with E-state index < -0.39 is 24.2 Å². The van der Waals surface area contributed by atoms with Gasteiger partial charge in [0.2, 0.25) is 0 Å². The first-order chi connectivity index (χ1) is 11.7. The molecule has 2 aromatic rings. The van der Waals surface area contributed by atoms with Crippen LogP contribution >= 0.6 is 0 Å². The highest BCUT2D eigenvalue weighted by molar-refractivity contribution is 5.50. The van der Waals surface area contributed by atoms with Crippen LogP contribution in [0.15, 0.2) is 54.6 Å². The molecule has 3 rings (SSSR count). The van der Waals surface area contributed by atoms with Crippen LogP contribution < -0.4 is 20.4 Å². The molecular formula is C20H24N2O2-2. The average molecular weight is 324 g/mol. The molecule has 1 saturated carbocycles. The molecular weight excluding hydrogens is 300 g/mol. The first kappa shape index (κ1) is 16.8. The van der Waals surface area contributed by atoms with Crippen molar-refractivity contribution in [1.29, 1.82) is 0 Å². The maximum Gasteiger partial charge on any atom is 0.0366 e. The van der Waals surface area contributed by atoms with Crippen molar-refractivity contribution in [2.75, 3.05) is 23.3 Å². The summed E-state index contributed by atoms with van der Waals surface area (Å²) in [5.74, 6) is -0.461. The maximum absolute atomic E-state index is 12.5. The number of hydrogen-bond donors (Lipinski definition) is 1. The van der Waals surface area contributed by atoms with Gasteiger partial charge in [0.25, 0.3) is 0 Å². The highest BCUT2D eigenvalue weighted by Gasteiger charge is 2.37. The van der Waals surface area contributed by atoms with Crippen LogP contribution in [0.5, 0.6) is 0 Å². The Morgan fingerprint density at radius 1 is 0.875 bits per heavy atom. The van der Waals surface area contributed by atoms with E-state index in [9.17, 15) is 10.2 Å². The molecule has 1 aliphatic rings. The van der Waals surface area contributed by atoms with Gasteiger partial charge in [0, 0.05) is 30.5 Å². The number of nitrogens with zero attached hydrogens (tertiary/aromatic N) is 1. The van der Waals surface area contributed by atoms with Crippen LogP contribution in [-0.2, 0) is 0 Å². The van der Waals surface area contributed by atoms with E-state index >= 15 is 0 Å². The molecule has 0 saturated heterocycles.